The topological polar surface area (TPSA) is 67.5 Å². The average Bonchev–Trinajstić information content (AvgIpc) is 2.60. The number of aromatic hydroxyl groups is 1. The molecule has 0 spiro atoms. The summed E-state index contributed by atoms with van der Waals surface area (Å²) in [5.41, 5.74) is 1.35. The molecule has 0 saturated heterocycles. The molecule has 0 bridgehead atoms. The maximum absolute atomic E-state index is 12.5. The third-order valence-electron chi connectivity index (χ3n) is 4.29. The number of carbonyl (C=O) groups excluding carboxylic acids is 1. The fourth-order valence-corrected chi connectivity index (χ4v) is 2.74. The smallest absolute Gasteiger partial charge is 0.336 e. The summed E-state index contributed by atoms with van der Waals surface area (Å²) < 4.78 is 5.20. The van der Waals surface area contributed by atoms with Crippen LogP contribution in [0, 0.1) is 5.92 Å². The second-order valence-electron chi connectivity index (χ2n) is 5.85. The highest BCUT2D eigenvalue weighted by Crippen LogP contribution is 2.37. The molecule has 0 aliphatic carbocycles. The van der Waals surface area contributed by atoms with Crippen LogP contribution in [0.1, 0.15) is 30.6 Å². The second kappa shape index (κ2) is 6.32. The molecule has 1 aromatic heterocycles. The van der Waals surface area contributed by atoms with E-state index < -0.39 is 5.63 Å². The van der Waals surface area contributed by atoms with Crippen molar-refractivity contribution in [3.63, 3.8) is 0 Å². The van der Waals surface area contributed by atoms with E-state index in [1.165, 1.54) is 12.1 Å². The van der Waals surface area contributed by atoms with Gasteiger partial charge in [0.05, 0.1) is 10.9 Å². The normalized spacial score (nSPS) is 12.2. The standard InChI is InChI=1S/C20H18O4/c1-3-12(2)19(22)14-9-10-16-18(20(14)23)15(11-17(21)24-16)13-7-5-4-6-8-13/h4-12,23H,3H2,1-2H3. The number of Topliss-reactive ketones (excluding diaryl/α,β-unsaturated/α-hetero) is 1. The highest BCUT2D eigenvalue weighted by Gasteiger charge is 2.21. The Morgan fingerprint density at radius 2 is 1.88 bits per heavy atom. The van der Waals surface area contributed by atoms with Gasteiger partial charge in [-0.15, -0.1) is 0 Å². The minimum atomic E-state index is -0.498. The third-order valence-corrected chi connectivity index (χ3v) is 4.29. The summed E-state index contributed by atoms with van der Waals surface area (Å²) in [6.45, 7) is 3.75. The van der Waals surface area contributed by atoms with Crippen molar-refractivity contribution in [2.75, 3.05) is 0 Å². The predicted octanol–water partition coefficient (Wildman–Crippen LogP) is 4.39. The van der Waals surface area contributed by atoms with Crippen LogP contribution in [0.15, 0.2) is 57.7 Å². The quantitative estimate of drug-likeness (QED) is 0.571. The Balaban J connectivity index is 2.33. The van der Waals surface area contributed by atoms with Crippen LogP contribution in [0.3, 0.4) is 0 Å². The lowest BCUT2D eigenvalue weighted by Crippen LogP contribution is -2.11. The first kappa shape index (κ1) is 16.0. The Labute approximate surface area is 139 Å². The lowest BCUT2D eigenvalue weighted by molar-refractivity contribution is 0.0925. The largest absolute Gasteiger partial charge is 0.506 e. The maximum Gasteiger partial charge on any atom is 0.336 e. The summed E-state index contributed by atoms with van der Waals surface area (Å²) in [5.74, 6) is -0.452. The minimum absolute atomic E-state index is 0.123. The van der Waals surface area contributed by atoms with Gasteiger partial charge in [0.1, 0.15) is 11.3 Å². The van der Waals surface area contributed by atoms with E-state index in [2.05, 4.69) is 0 Å². The van der Waals surface area contributed by atoms with Crippen molar-refractivity contribution >= 4 is 16.8 Å². The summed E-state index contributed by atoms with van der Waals surface area (Å²) in [6.07, 6.45) is 0.686. The molecular formula is C20H18O4. The number of phenols is 1. The first-order chi connectivity index (χ1) is 11.5. The third kappa shape index (κ3) is 2.71. The zero-order valence-electron chi connectivity index (χ0n) is 13.6. The number of ketones is 1. The number of fused-ring (bicyclic) bond motifs is 1. The van der Waals surface area contributed by atoms with E-state index in [0.29, 0.717) is 17.4 Å². The molecule has 24 heavy (non-hydrogen) atoms. The van der Waals surface area contributed by atoms with Crippen LogP contribution < -0.4 is 5.63 Å². The summed E-state index contributed by atoms with van der Waals surface area (Å²) in [4.78, 5) is 24.3. The van der Waals surface area contributed by atoms with Gasteiger partial charge in [-0.25, -0.2) is 4.79 Å². The van der Waals surface area contributed by atoms with Crippen molar-refractivity contribution in [2.45, 2.75) is 20.3 Å². The van der Waals surface area contributed by atoms with E-state index in [4.69, 9.17) is 4.42 Å². The van der Waals surface area contributed by atoms with Crippen LogP contribution >= 0.6 is 0 Å². The van der Waals surface area contributed by atoms with Gasteiger partial charge < -0.3 is 9.52 Å². The second-order valence-corrected chi connectivity index (χ2v) is 5.85. The van der Waals surface area contributed by atoms with Crippen LogP contribution in [-0.2, 0) is 0 Å². The van der Waals surface area contributed by atoms with Crippen molar-refractivity contribution in [3.8, 4) is 16.9 Å². The molecule has 0 radical (unpaired) electrons. The van der Waals surface area contributed by atoms with Gasteiger partial charge in [-0.05, 0) is 24.1 Å². The highest BCUT2D eigenvalue weighted by atomic mass is 16.4. The van der Waals surface area contributed by atoms with Crippen LogP contribution in [0.2, 0.25) is 0 Å². The van der Waals surface area contributed by atoms with Crippen molar-refractivity contribution in [1.29, 1.82) is 0 Å². The van der Waals surface area contributed by atoms with Gasteiger partial charge in [0.2, 0.25) is 0 Å². The molecule has 1 heterocycles. The van der Waals surface area contributed by atoms with E-state index in [1.807, 2.05) is 44.2 Å². The van der Waals surface area contributed by atoms with E-state index >= 15 is 0 Å². The van der Waals surface area contributed by atoms with Crippen LogP contribution in [0.25, 0.3) is 22.1 Å². The molecule has 1 unspecified atom stereocenters. The minimum Gasteiger partial charge on any atom is -0.506 e. The van der Waals surface area contributed by atoms with Gasteiger partial charge in [-0.3, -0.25) is 4.79 Å². The molecule has 3 aromatic rings. The Morgan fingerprint density at radius 3 is 2.54 bits per heavy atom. The zero-order valence-corrected chi connectivity index (χ0v) is 13.6. The molecule has 4 heteroatoms. The first-order valence-electron chi connectivity index (χ1n) is 7.92. The molecule has 0 saturated carbocycles. The Morgan fingerprint density at radius 1 is 1.17 bits per heavy atom. The van der Waals surface area contributed by atoms with Gasteiger partial charge >= 0.3 is 5.63 Å². The van der Waals surface area contributed by atoms with Crippen molar-refractivity contribution < 1.29 is 14.3 Å². The molecule has 0 aliphatic heterocycles. The molecule has 4 nitrogen and oxygen atoms in total. The monoisotopic (exact) mass is 322 g/mol. The summed E-state index contributed by atoms with van der Waals surface area (Å²) in [6, 6.07) is 13.7. The van der Waals surface area contributed by atoms with E-state index in [1.54, 1.807) is 6.07 Å². The Hall–Kier alpha value is -2.88. The summed E-state index contributed by atoms with van der Waals surface area (Å²) in [7, 11) is 0. The van der Waals surface area contributed by atoms with Crippen molar-refractivity contribution in [3.05, 3.63) is 64.5 Å². The SMILES string of the molecule is CCC(C)C(=O)c1ccc2oc(=O)cc(-c3ccccc3)c2c1O. The number of rotatable bonds is 4. The van der Waals surface area contributed by atoms with Gasteiger partial charge in [0.15, 0.2) is 5.78 Å². The molecule has 2 aromatic carbocycles. The molecule has 1 N–H and O–H groups in total. The molecule has 0 amide bonds. The van der Waals surface area contributed by atoms with Crippen LogP contribution in [0.4, 0.5) is 0 Å². The molecule has 3 rings (SSSR count). The van der Waals surface area contributed by atoms with Crippen LogP contribution in [0.5, 0.6) is 5.75 Å². The summed E-state index contributed by atoms with van der Waals surface area (Å²) in [5, 5.41) is 11.1. The molecule has 0 fully saturated rings. The fraction of sp³-hybridized carbons (Fsp3) is 0.200. The zero-order chi connectivity index (χ0) is 17.3. The molecular weight excluding hydrogens is 304 g/mol. The first-order valence-corrected chi connectivity index (χ1v) is 7.92. The summed E-state index contributed by atoms with van der Waals surface area (Å²) >= 11 is 0. The number of hydrogen-bond donors (Lipinski definition) is 1. The Bertz CT molecular complexity index is 955. The maximum atomic E-state index is 12.5. The molecule has 0 aliphatic rings. The van der Waals surface area contributed by atoms with E-state index in [9.17, 15) is 14.7 Å². The number of phenolic OH excluding ortho intramolecular Hbond substituents is 1. The lowest BCUT2D eigenvalue weighted by Gasteiger charge is -2.13. The lowest BCUT2D eigenvalue weighted by atomic mass is 9.93. The van der Waals surface area contributed by atoms with Gasteiger partial charge in [-0.1, -0.05) is 44.2 Å². The van der Waals surface area contributed by atoms with Crippen LogP contribution in [-0.4, -0.2) is 10.9 Å². The van der Waals surface area contributed by atoms with E-state index in [-0.39, 0.29) is 28.6 Å². The molecule has 122 valence electrons. The van der Waals surface area contributed by atoms with Crippen molar-refractivity contribution in [2.24, 2.45) is 5.92 Å². The predicted molar refractivity (Wildman–Crippen MR) is 93.4 cm³/mol. The highest BCUT2D eigenvalue weighted by molar-refractivity contribution is 6.08. The number of hydrogen-bond acceptors (Lipinski definition) is 4. The average molecular weight is 322 g/mol. The molecule has 1 atom stereocenters. The van der Waals surface area contributed by atoms with Crippen molar-refractivity contribution in [1.82, 2.24) is 0 Å². The van der Waals surface area contributed by atoms with E-state index in [0.717, 1.165) is 5.56 Å². The fourth-order valence-electron chi connectivity index (χ4n) is 2.74. The van der Waals surface area contributed by atoms with Gasteiger partial charge in [0.25, 0.3) is 0 Å². The Kier molecular flexibility index (Phi) is 4.21. The number of carbonyl (C=O) groups is 1. The van der Waals surface area contributed by atoms with Gasteiger partial charge in [-0.2, -0.15) is 0 Å². The number of benzene rings is 2. The van der Waals surface area contributed by atoms with Gasteiger partial charge in [0, 0.05) is 17.5 Å².